The Morgan fingerprint density at radius 2 is 1.80 bits per heavy atom. The van der Waals surface area contributed by atoms with E-state index >= 15 is 0 Å². The maximum Gasteiger partial charge on any atom is 0.315 e. The molecule has 0 heterocycles. The number of hydrogen-bond donors (Lipinski definition) is 3. The van der Waals surface area contributed by atoms with Crippen LogP contribution in [-0.2, 0) is 4.79 Å². The van der Waals surface area contributed by atoms with Crippen molar-refractivity contribution < 1.29 is 14.7 Å². The Labute approximate surface area is 120 Å². The number of rotatable bonds is 5. The zero-order valence-corrected chi connectivity index (χ0v) is 12.1. The van der Waals surface area contributed by atoms with Gasteiger partial charge >= 0.3 is 12.0 Å². The number of aliphatic carboxylic acids is 1. The Kier molecular flexibility index (Phi) is 5.68. The molecule has 0 radical (unpaired) electrons. The predicted octanol–water partition coefficient (Wildman–Crippen LogP) is 2.51. The quantitative estimate of drug-likeness (QED) is 0.725. The highest BCUT2D eigenvalue weighted by Gasteiger charge is 2.30. The third-order valence-corrected chi connectivity index (χ3v) is 4.68. The molecule has 2 fully saturated rings. The van der Waals surface area contributed by atoms with Gasteiger partial charge in [-0.15, -0.1) is 0 Å². The molecule has 0 saturated heterocycles. The van der Waals surface area contributed by atoms with E-state index in [1.165, 1.54) is 32.1 Å². The number of amides is 2. The number of carbonyl (C=O) groups excluding carboxylic acids is 1. The standard InChI is InChI=1S/C15H26N2O3/c18-14(19)12-6-7-13(10-12)17-15(20)16-9-8-11-4-2-1-3-5-11/h11-13H,1-10H2,(H,18,19)(H2,16,17,20)/t12-,13+/m1/s1. The summed E-state index contributed by atoms with van der Waals surface area (Å²) >= 11 is 0. The van der Waals surface area contributed by atoms with Crippen LogP contribution in [0.15, 0.2) is 0 Å². The molecule has 3 N–H and O–H groups in total. The lowest BCUT2D eigenvalue weighted by atomic mass is 9.87. The third-order valence-electron chi connectivity index (χ3n) is 4.68. The average molecular weight is 282 g/mol. The van der Waals surface area contributed by atoms with Gasteiger partial charge in [0.25, 0.3) is 0 Å². The Hall–Kier alpha value is -1.26. The molecule has 0 spiro atoms. The molecule has 0 aliphatic heterocycles. The van der Waals surface area contributed by atoms with E-state index in [1.807, 2.05) is 0 Å². The summed E-state index contributed by atoms with van der Waals surface area (Å²) in [5.74, 6) is -0.263. The van der Waals surface area contributed by atoms with E-state index in [2.05, 4.69) is 10.6 Å². The molecule has 5 nitrogen and oxygen atoms in total. The molecule has 2 aliphatic carbocycles. The lowest BCUT2D eigenvalue weighted by Crippen LogP contribution is -2.41. The van der Waals surface area contributed by atoms with Crippen LogP contribution in [0.2, 0.25) is 0 Å². The third kappa shape index (κ3) is 4.69. The molecule has 20 heavy (non-hydrogen) atoms. The second-order valence-electron chi connectivity index (χ2n) is 6.24. The Balaban J connectivity index is 1.57. The fourth-order valence-electron chi connectivity index (χ4n) is 3.44. The Bertz CT molecular complexity index is 340. The monoisotopic (exact) mass is 282 g/mol. The molecule has 2 rings (SSSR count). The second-order valence-corrected chi connectivity index (χ2v) is 6.24. The summed E-state index contributed by atoms with van der Waals surface area (Å²) in [6.45, 7) is 0.728. The van der Waals surface area contributed by atoms with Crippen LogP contribution in [0.4, 0.5) is 4.79 Å². The van der Waals surface area contributed by atoms with Crippen LogP contribution in [0.1, 0.15) is 57.8 Å². The van der Waals surface area contributed by atoms with E-state index in [1.54, 1.807) is 0 Å². The fourth-order valence-corrected chi connectivity index (χ4v) is 3.44. The van der Waals surface area contributed by atoms with Crippen LogP contribution < -0.4 is 10.6 Å². The first-order valence-electron chi connectivity index (χ1n) is 7.92. The van der Waals surface area contributed by atoms with Crippen LogP contribution >= 0.6 is 0 Å². The van der Waals surface area contributed by atoms with Crippen molar-refractivity contribution in [3.63, 3.8) is 0 Å². The smallest absolute Gasteiger partial charge is 0.315 e. The topological polar surface area (TPSA) is 78.4 Å². The van der Waals surface area contributed by atoms with Crippen LogP contribution in [0.25, 0.3) is 0 Å². The molecular formula is C15H26N2O3. The van der Waals surface area contributed by atoms with E-state index in [4.69, 9.17) is 5.11 Å². The normalized spacial score (nSPS) is 27.2. The summed E-state index contributed by atoms with van der Waals surface area (Å²) in [7, 11) is 0. The Morgan fingerprint density at radius 1 is 1.05 bits per heavy atom. The van der Waals surface area contributed by atoms with Gasteiger partial charge < -0.3 is 15.7 Å². The van der Waals surface area contributed by atoms with Gasteiger partial charge in [0.2, 0.25) is 0 Å². The highest BCUT2D eigenvalue weighted by molar-refractivity contribution is 5.75. The minimum atomic E-state index is -0.744. The van der Waals surface area contributed by atoms with E-state index in [0.29, 0.717) is 12.8 Å². The number of hydrogen-bond acceptors (Lipinski definition) is 2. The molecule has 114 valence electrons. The predicted molar refractivity (Wildman–Crippen MR) is 76.5 cm³/mol. The summed E-state index contributed by atoms with van der Waals surface area (Å²) in [5, 5.41) is 14.7. The zero-order valence-electron chi connectivity index (χ0n) is 12.1. The largest absolute Gasteiger partial charge is 0.481 e. The zero-order chi connectivity index (χ0) is 14.4. The summed E-state index contributed by atoms with van der Waals surface area (Å²) in [6, 6.07) is -0.123. The van der Waals surface area contributed by atoms with Gasteiger partial charge in [-0.2, -0.15) is 0 Å². The summed E-state index contributed by atoms with van der Waals surface area (Å²) in [4.78, 5) is 22.6. The van der Waals surface area contributed by atoms with Crippen molar-refractivity contribution in [1.29, 1.82) is 0 Å². The maximum atomic E-state index is 11.7. The van der Waals surface area contributed by atoms with Crippen LogP contribution in [-0.4, -0.2) is 29.7 Å². The number of carbonyl (C=O) groups is 2. The number of carboxylic acid groups (broad SMARTS) is 1. The number of nitrogens with one attached hydrogen (secondary N) is 2. The molecule has 0 unspecified atom stereocenters. The average Bonchev–Trinajstić information content (AvgIpc) is 2.88. The maximum absolute atomic E-state index is 11.7. The van der Waals surface area contributed by atoms with Crippen LogP contribution in [0.3, 0.4) is 0 Å². The minimum Gasteiger partial charge on any atom is -0.481 e. The Morgan fingerprint density at radius 3 is 2.45 bits per heavy atom. The van der Waals surface area contributed by atoms with Gasteiger partial charge in [0.05, 0.1) is 5.92 Å². The van der Waals surface area contributed by atoms with E-state index in [9.17, 15) is 9.59 Å². The van der Waals surface area contributed by atoms with Gasteiger partial charge in [0.1, 0.15) is 0 Å². The van der Waals surface area contributed by atoms with Crippen molar-refractivity contribution in [3.8, 4) is 0 Å². The molecule has 2 atom stereocenters. The first-order chi connectivity index (χ1) is 9.65. The van der Waals surface area contributed by atoms with Gasteiger partial charge in [0, 0.05) is 12.6 Å². The van der Waals surface area contributed by atoms with Crippen molar-refractivity contribution in [1.82, 2.24) is 10.6 Å². The molecule has 0 aromatic carbocycles. The fraction of sp³-hybridized carbons (Fsp3) is 0.867. The summed E-state index contributed by atoms with van der Waals surface area (Å²) in [6.07, 6.45) is 9.68. The van der Waals surface area contributed by atoms with Crippen molar-refractivity contribution in [3.05, 3.63) is 0 Å². The molecular weight excluding hydrogens is 256 g/mol. The van der Waals surface area contributed by atoms with E-state index < -0.39 is 5.97 Å². The van der Waals surface area contributed by atoms with Gasteiger partial charge in [-0.1, -0.05) is 32.1 Å². The van der Waals surface area contributed by atoms with Crippen molar-refractivity contribution in [2.75, 3.05) is 6.54 Å². The number of carboxylic acids is 1. The van der Waals surface area contributed by atoms with Crippen molar-refractivity contribution in [2.24, 2.45) is 11.8 Å². The SMILES string of the molecule is O=C(NCCC1CCCCC1)N[C@H]1CC[C@@H](C(=O)O)C1. The highest BCUT2D eigenvalue weighted by atomic mass is 16.4. The summed E-state index contributed by atoms with van der Waals surface area (Å²) < 4.78 is 0. The second kappa shape index (κ2) is 7.50. The van der Waals surface area contributed by atoms with E-state index in [-0.39, 0.29) is 18.0 Å². The van der Waals surface area contributed by atoms with Gasteiger partial charge in [-0.25, -0.2) is 4.79 Å². The van der Waals surface area contributed by atoms with Crippen molar-refractivity contribution >= 4 is 12.0 Å². The molecule has 0 aromatic heterocycles. The molecule has 2 saturated carbocycles. The lowest BCUT2D eigenvalue weighted by molar-refractivity contribution is -0.141. The first kappa shape index (κ1) is 15.1. The lowest BCUT2D eigenvalue weighted by Gasteiger charge is -2.21. The molecule has 2 amide bonds. The van der Waals surface area contributed by atoms with Crippen LogP contribution in [0.5, 0.6) is 0 Å². The highest BCUT2D eigenvalue weighted by Crippen LogP contribution is 2.26. The molecule has 5 heteroatoms. The number of urea groups is 1. The summed E-state index contributed by atoms with van der Waals surface area (Å²) in [5.41, 5.74) is 0. The van der Waals surface area contributed by atoms with Crippen LogP contribution in [0, 0.1) is 11.8 Å². The van der Waals surface area contributed by atoms with Gasteiger partial charge in [-0.05, 0) is 31.6 Å². The first-order valence-corrected chi connectivity index (χ1v) is 7.92. The minimum absolute atomic E-state index is 0.0192. The van der Waals surface area contributed by atoms with Crippen molar-refractivity contribution in [2.45, 2.75) is 63.8 Å². The van der Waals surface area contributed by atoms with Gasteiger partial charge in [-0.3, -0.25) is 4.79 Å². The van der Waals surface area contributed by atoms with E-state index in [0.717, 1.165) is 25.3 Å². The molecule has 2 aliphatic rings. The van der Waals surface area contributed by atoms with Gasteiger partial charge in [0.15, 0.2) is 0 Å². The molecule has 0 bridgehead atoms. The molecule has 0 aromatic rings.